The lowest BCUT2D eigenvalue weighted by atomic mass is 9.87. The van der Waals surface area contributed by atoms with E-state index >= 15 is 0 Å². The first-order chi connectivity index (χ1) is 13.4. The van der Waals surface area contributed by atoms with Crippen molar-refractivity contribution >= 4 is 30.3 Å². The number of hydrogen-bond donors (Lipinski definition) is 1. The van der Waals surface area contributed by atoms with E-state index in [2.05, 4.69) is 43.9 Å². The zero-order valence-electron chi connectivity index (χ0n) is 19.8. The zero-order chi connectivity index (χ0) is 23.8. The number of nitrogens with one attached hydrogen (secondary N) is 1. The molecule has 0 aromatic carbocycles. The molecule has 0 heterocycles. The third-order valence-corrected chi connectivity index (χ3v) is 10.9. The first-order valence-corrected chi connectivity index (χ1v) is 14.5. The highest BCUT2D eigenvalue weighted by molar-refractivity contribution is 7.86. The molecular weight excluding hydrogens is 426 g/mol. The molecular formula is C20H39NO7SSi. The Morgan fingerprint density at radius 1 is 1.13 bits per heavy atom. The number of methoxy groups -OCH3 is 1. The number of hydrogen-bond acceptors (Lipinski definition) is 7. The highest BCUT2D eigenvalue weighted by Gasteiger charge is 2.42. The molecule has 0 unspecified atom stereocenters. The van der Waals surface area contributed by atoms with E-state index in [1.54, 1.807) is 6.08 Å². The average molecular weight is 466 g/mol. The van der Waals surface area contributed by atoms with Crippen molar-refractivity contribution in [2.45, 2.75) is 72.2 Å². The van der Waals surface area contributed by atoms with Crippen LogP contribution >= 0.6 is 0 Å². The summed E-state index contributed by atoms with van der Waals surface area (Å²) in [5.74, 6) is -0.923. The smallest absolute Gasteiger partial charge is 0.330 e. The predicted octanol–water partition coefficient (Wildman–Crippen LogP) is 3.00. The van der Waals surface area contributed by atoms with Crippen molar-refractivity contribution in [3.8, 4) is 0 Å². The maximum absolute atomic E-state index is 12.2. The lowest BCUT2D eigenvalue weighted by Gasteiger charge is -2.43. The predicted molar refractivity (Wildman–Crippen MR) is 120 cm³/mol. The topological polar surface area (TPSA) is 108 Å². The quantitative estimate of drug-likeness (QED) is 0.155. The first-order valence-electron chi connectivity index (χ1n) is 9.99. The summed E-state index contributed by atoms with van der Waals surface area (Å²) in [7, 11) is -4.70. The van der Waals surface area contributed by atoms with Crippen LogP contribution in [0, 0.1) is 5.41 Å². The standard InChI is InChI=1S/C20H39NO7SSi/c1-16(22)21-13-10-14-29(24,25)27-15-20(5,6)17(11-12-18(23)26-7)28-30(8,9)19(2,3)4/h11-12,17H,10,13-15H2,1-9H3,(H,21,22)/b12-11+/t17-/m0/s1. The van der Waals surface area contributed by atoms with Crippen molar-refractivity contribution in [1.29, 1.82) is 0 Å². The molecule has 176 valence electrons. The Bertz CT molecular complexity index is 709. The minimum atomic E-state index is -3.77. The summed E-state index contributed by atoms with van der Waals surface area (Å²) < 4.78 is 40.9. The molecule has 1 amide bonds. The fraction of sp³-hybridized carbons (Fsp3) is 0.800. The maximum Gasteiger partial charge on any atom is 0.330 e. The van der Waals surface area contributed by atoms with Gasteiger partial charge in [-0.25, -0.2) is 4.79 Å². The largest absolute Gasteiger partial charge is 0.466 e. The van der Waals surface area contributed by atoms with Crippen LogP contribution in [0.1, 0.15) is 48.0 Å². The van der Waals surface area contributed by atoms with Crippen LogP contribution in [0.5, 0.6) is 0 Å². The van der Waals surface area contributed by atoms with Gasteiger partial charge in [-0.2, -0.15) is 8.42 Å². The van der Waals surface area contributed by atoms with Gasteiger partial charge in [-0.3, -0.25) is 8.98 Å². The Kier molecular flexibility index (Phi) is 10.9. The number of ether oxygens (including phenoxy) is 1. The monoisotopic (exact) mass is 465 g/mol. The van der Waals surface area contributed by atoms with Crippen molar-refractivity contribution in [2.24, 2.45) is 5.41 Å². The average Bonchev–Trinajstić information content (AvgIpc) is 2.59. The van der Waals surface area contributed by atoms with Gasteiger partial charge in [0, 0.05) is 25.0 Å². The molecule has 0 spiro atoms. The fourth-order valence-electron chi connectivity index (χ4n) is 2.08. The van der Waals surface area contributed by atoms with Gasteiger partial charge < -0.3 is 14.5 Å². The van der Waals surface area contributed by atoms with Crippen LogP contribution < -0.4 is 5.32 Å². The van der Waals surface area contributed by atoms with Gasteiger partial charge in [-0.1, -0.05) is 34.6 Å². The van der Waals surface area contributed by atoms with E-state index in [0.29, 0.717) is 0 Å². The van der Waals surface area contributed by atoms with Crippen LogP contribution in [0.25, 0.3) is 0 Å². The molecule has 30 heavy (non-hydrogen) atoms. The molecule has 0 aromatic heterocycles. The van der Waals surface area contributed by atoms with E-state index in [9.17, 15) is 18.0 Å². The summed E-state index contributed by atoms with van der Waals surface area (Å²) in [4.78, 5) is 22.5. The Morgan fingerprint density at radius 2 is 1.70 bits per heavy atom. The van der Waals surface area contributed by atoms with Crippen LogP contribution in [-0.2, 0) is 33.1 Å². The number of amides is 1. The second-order valence-electron chi connectivity index (χ2n) is 9.53. The molecule has 0 rings (SSSR count). The summed E-state index contributed by atoms with van der Waals surface area (Å²) in [6.07, 6.45) is 2.61. The summed E-state index contributed by atoms with van der Waals surface area (Å²) in [5.41, 5.74) is -0.731. The minimum absolute atomic E-state index is 0.0723. The molecule has 0 aliphatic heterocycles. The van der Waals surface area contributed by atoms with Crippen molar-refractivity contribution in [3.63, 3.8) is 0 Å². The molecule has 1 atom stereocenters. The molecule has 0 bridgehead atoms. The molecule has 0 saturated heterocycles. The van der Waals surface area contributed by atoms with Gasteiger partial charge in [0.2, 0.25) is 5.91 Å². The first kappa shape index (κ1) is 28.8. The molecule has 1 N–H and O–H groups in total. The lowest BCUT2D eigenvalue weighted by Crippen LogP contribution is -2.48. The summed E-state index contributed by atoms with van der Waals surface area (Å²) >= 11 is 0. The summed E-state index contributed by atoms with van der Waals surface area (Å²) in [6.45, 7) is 15.7. The molecule has 0 aliphatic carbocycles. The van der Waals surface area contributed by atoms with Crippen LogP contribution in [0.3, 0.4) is 0 Å². The van der Waals surface area contributed by atoms with Crippen molar-refractivity contribution < 1.29 is 31.4 Å². The number of carbonyl (C=O) groups excluding carboxylic acids is 2. The van der Waals surface area contributed by atoms with Gasteiger partial charge in [-0.05, 0) is 30.6 Å². The van der Waals surface area contributed by atoms with Gasteiger partial charge in [0.25, 0.3) is 10.1 Å². The SMILES string of the molecule is COC(=O)/C=C/[C@H](O[Si](C)(C)C(C)(C)C)C(C)(C)COS(=O)(=O)CCCNC(C)=O. The van der Waals surface area contributed by atoms with E-state index < -0.39 is 35.9 Å². The van der Waals surface area contributed by atoms with E-state index in [-0.39, 0.29) is 36.3 Å². The highest BCUT2D eigenvalue weighted by atomic mass is 32.2. The van der Waals surface area contributed by atoms with Crippen LogP contribution in [0.4, 0.5) is 0 Å². The van der Waals surface area contributed by atoms with Gasteiger partial charge in [-0.15, -0.1) is 0 Å². The lowest BCUT2D eigenvalue weighted by molar-refractivity contribution is -0.135. The molecule has 0 saturated carbocycles. The molecule has 8 nitrogen and oxygen atoms in total. The second-order valence-corrected chi connectivity index (χ2v) is 16.0. The zero-order valence-corrected chi connectivity index (χ0v) is 21.6. The third kappa shape index (κ3) is 10.7. The Labute approximate surface area is 183 Å². The van der Waals surface area contributed by atoms with Crippen molar-refractivity contribution in [1.82, 2.24) is 5.32 Å². The highest BCUT2D eigenvalue weighted by Crippen LogP contribution is 2.40. The van der Waals surface area contributed by atoms with E-state index in [0.717, 1.165) is 0 Å². The number of carbonyl (C=O) groups is 2. The molecule has 0 aliphatic rings. The summed E-state index contributed by atoms with van der Waals surface area (Å²) in [5, 5.41) is 2.48. The molecule has 10 heteroatoms. The maximum atomic E-state index is 12.2. The number of esters is 1. The minimum Gasteiger partial charge on any atom is -0.466 e. The third-order valence-electron chi connectivity index (χ3n) is 5.16. The molecule has 0 aromatic rings. The van der Waals surface area contributed by atoms with Gasteiger partial charge in [0.1, 0.15) is 0 Å². The number of rotatable bonds is 12. The van der Waals surface area contributed by atoms with Crippen molar-refractivity contribution in [2.75, 3.05) is 26.0 Å². The second kappa shape index (κ2) is 11.4. The fourth-order valence-corrected chi connectivity index (χ4v) is 4.57. The van der Waals surface area contributed by atoms with Gasteiger partial charge in [0.15, 0.2) is 8.32 Å². The van der Waals surface area contributed by atoms with Crippen molar-refractivity contribution in [3.05, 3.63) is 12.2 Å². The van der Waals surface area contributed by atoms with Crippen LogP contribution in [-0.4, -0.2) is 60.7 Å². The summed E-state index contributed by atoms with van der Waals surface area (Å²) in [6, 6.07) is 0. The van der Waals surface area contributed by atoms with Crippen LogP contribution in [0.2, 0.25) is 18.1 Å². The Morgan fingerprint density at radius 3 is 2.17 bits per heavy atom. The van der Waals surface area contributed by atoms with Gasteiger partial charge >= 0.3 is 5.97 Å². The van der Waals surface area contributed by atoms with Crippen LogP contribution in [0.15, 0.2) is 12.2 Å². The Balaban J connectivity index is 5.34. The molecule has 0 radical (unpaired) electrons. The van der Waals surface area contributed by atoms with E-state index in [1.807, 2.05) is 13.8 Å². The van der Waals surface area contributed by atoms with E-state index in [1.165, 1.54) is 20.1 Å². The normalized spacial score (nSPS) is 14.6. The molecule has 0 fully saturated rings. The van der Waals surface area contributed by atoms with E-state index in [4.69, 9.17) is 8.61 Å². The van der Waals surface area contributed by atoms with Gasteiger partial charge in [0.05, 0.1) is 25.6 Å². The Hall–Kier alpha value is -1.23.